The minimum atomic E-state index is 0.125. The van der Waals surface area contributed by atoms with Gasteiger partial charge in [-0.05, 0) is 24.3 Å². The third-order valence-electron chi connectivity index (χ3n) is 2.64. The number of rotatable bonds is 5. The summed E-state index contributed by atoms with van der Waals surface area (Å²) in [6.45, 7) is 0. The second kappa shape index (κ2) is 6.41. The lowest BCUT2D eigenvalue weighted by Gasteiger charge is -2.11. The van der Waals surface area contributed by atoms with E-state index in [1.165, 1.54) is 4.90 Å². The van der Waals surface area contributed by atoms with Crippen molar-refractivity contribution in [1.29, 1.82) is 0 Å². The molecule has 18 heavy (non-hydrogen) atoms. The fourth-order valence-corrected chi connectivity index (χ4v) is 2.74. The summed E-state index contributed by atoms with van der Waals surface area (Å²) in [5, 5.41) is 0. The molecule has 0 bridgehead atoms. The number of imidazole rings is 1. The molecule has 0 radical (unpaired) electrons. The van der Waals surface area contributed by atoms with Gasteiger partial charge in [-0.3, -0.25) is 0 Å². The zero-order valence-electron chi connectivity index (χ0n) is 10.2. The molecule has 2 aromatic rings. The number of nitrogens with two attached hydrogens (primary N) is 1. The number of aromatic nitrogens is 2. The Kier molecular flexibility index (Phi) is 4.86. The van der Waals surface area contributed by atoms with Crippen LogP contribution in [0.25, 0.3) is 0 Å². The molecule has 0 saturated carbocycles. The predicted octanol–water partition coefficient (Wildman–Crippen LogP) is 2.84. The second-order valence-corrected chi connectivity index (χ2v) is 6.19. The molecular formula is C13H16BrN3S. The van der Waals surface area contributed by atoms with Gasteiger partial charge in [0.15, 0.2) is 0 Å². The number of halogens is 1. The standard InChI is InChI=1S/C13H16BrN3S/c1-17-7-6-16-13(17)8-11(15)9-18-12-4-2-10(14)3-5-12/h2-7,11H,8-9,15H2,1H3. The summed E-state index contributed by atoms with van der Waals surface area (Å²) >= 11 is 5.21. The molecule has 0 aliphatic heterocycles. The van der Waals surface area contributed by atoms with E-state index in [-0.39, 0.29) is 6.04 Å². The van der Waals surface area contributed by atoms with Gasteiger partial charge in [0.1, 0.15) is 5.82 Å². The van der Waals surface area contributed by atoms with E-state index in [1.54, 1.807) is 11.8 Å². The van der Waals surface area contributed by atoms with Crippen LogP contribution in [-0.4, -0.2) is 21.3 Å². The molecule has 1 atom stereocenters. The minimum absolute atomic E-state index is 0.125. The summed E-state index contributed by atoms with van der Waals surface area (Å²) in [5.41, 5.74) is 6.13. The first-order valence-electron chi connectivity index (χ1n) is 5.75. The van der Waals surface area contributed by atoms with Crippen LogP contribution in [0, 0.1) is 0 Å². The fourth-order valence-electron chi connectivity index (χ4n) is 1.62. The highest BCUT2D eigenvalue weighted by molar-refractivity contribution is 9.10. The van der Waals surface area contributed by atoms with Crippen LogP contribution < -0.4 is 5.73 Å². The lowest BCUT2D eigenvalue weighted by molar-refractivity contribution is 0.679. The van der Waals surface area contributed by atoms with Crippen molar-refractivity contribution in [2.75, 3.05) is 5.75 Å². The Balaban J connectivity index is 1.83. The number of nitrogens with zero attached hydrogens (tertiary/aromatic N) is 2. The topological polar surface area (TPSA) is 43.8 Å². The van der Waals surface area contributed by atoms with Crippen LogP contribution in [0.4, 0.5) is 0 Å². The average Bonchev–Trinajstić information content (AvgIpc) is 2.74. The van der Waals surface area contributed by atoms with Crippen molar-refractivity contribution in [2.45, 2.75) is 17.4 Å². The van der Waals surface area contributed by atoms with Gasteiger partial charge in [-0.15, -0.1) is 11.8 Å². The average molecular weight is 326 g/mol. The molecule has 1 heterocycles. The molecule has 0 fully saturated rings. The van der Waals surface area contributed by atoms with Crippen molar-refractivity contribution in [1.82, 2.24) is 9.55 Å². The van der Waals surface area contributed by atoms with Crippen LogP contribution in [-0.2, 0) is 13.5 Å². The van der Waals surface area contributed by atoms with Gasteiger partial charge in [0, 0.05) is 47.0 Å². The van der Waals surface area contributed by atoms with E-state index in [1.807, 2.05) is 36.1 Å². The molecule has 0 aliphatic carbocycles. The van der Waals surface area contributed by atoms with E-state index in [2.05, 4.69) is 33.0 Å². The first-order valence-corrected chi connectivity index (χ1v) is 7.53. The number of aryl methyl sites for hydroxylation is 1. The summed E-state index contributed by atoms with van der Waals surface area (Å²) in [6, 6.07) is 8.42. The van der Waals surface area contributed by atoms with E-state index in [0.29, 0.717) is 0 Å². The summed E-state index contributed by atoms with van der Waals surface area (Å²) in [7, 11) is 2.00. The van der Waals surface area contributed by atoms with E-state index in [0.717, 1.165) is 22.5 Å². The zero-order chi connectivity index (χ0) is 13.0. The number of hydrogen-bond acceptors (Lipinski definition) is 3. The van der Waals surface area contributed by atoms with Crippen LogP contribution in [0.3, 0.4) is 0 Å². The molecule has 1 unspecified atom stereocenters. The molecule has 5 heteroatoms. The summed E-state index contributed by atoms with van der Waals surface area (Å²) < 4.78 is 3.12. The predicted molar refractivity (Wildman–Crippen MR) is 79.8 cm³/mol. The fraction of sp³-hybridized carbons (Fsp3) is 0.308. The van der Waals surface area contributed by atoms with Crippen LogP contribution in [0.2, 0.25) is 0 Å². The molecular weight excluding hydrogens is 310 g/mol. The Bertz CT molecular complexity index is 495. The molecule has 0 amide bonds. The Morgan fingerprint density at radius 2 is 2.11 bits per heavy atom. The highest BCUT2D eigenvalue weighted by Crippen LogP contribution is 2.21. The zero-order valence-corrected chi connectivity index (χ0v) is 12.6. The van der Waals surface area contributed by atoms with Gasteiger partial charge >= 0.3 is 0 Å². The van der Waals surface area contributed by atoms with Crippen LogP contribution in [0.1, 0.15) is 5.82 Å². The van der Waals surface area contributed by atoms with Gasteiger partial charge in [0.05, 0.1) is 0 Å². The van der Waals surface area contributed by atoms with Gasteiger partial charge in [-0.1, -0.05) is 15.9 Å². The van der Waals surface area contributed by atoms with Gasteiger partial charge < -0.3 is 10.3 Å². The number of hydrogen-bond donors (Lipinski definition) is 1. The van der Waals surface area contributed by atoms with Crippen molar-refractivity contribution in [3.63, 3.8) is 0 Å². The normalized spacial score (nSPS) is 12.6. The highest BCUT2D eigenvalue weighted by Gasteiger charge is 2.08. The van der Waals surface area contributed by atoms with E-state index in [4.69, 9.17) is 5.73 Å². The van der Waals surface area contributed by atoms with E-state index < -0.39 is 0 Å². The Morgan fingerprint density at radius 1 is 1.39 bits per heavy atom. The lowest BCUT2D eigenvalue weighted by Crippen LogP contribution is -2.26. The monoisotopic (exact) mass is 325 g/mol. The van der Waals surface area contributed by atoms with Gasteiger partial charge in [0.2, 0.25) is 0 Å². The quantitative estimate of drug-likeness (QED) is 0.860. The molecule has 0 spiro atoms. The molecule has 2 N–H and O–H groups in total. The maximum atomic E-state index is 6.13. The Hall–Kier alpha value is -0.780. The lowest BCUT2D eigenvalue weighted by atomic mass is 10.2. The van der Waals surface area contributed by atoms with Crippen molar-refractivity contribution >= 4 is 27.7 Å². The Labute approximate surface area is 120 Å². The Morgan fingerprint density at radius 3 is 2.72 bits per heavy atom. The van der Waals surface area contributed by atoms with Crippen LogP contribution >= 0.6 is 27.7 Å². The third-order valence-corrected chi connectivity index (χ3v) is 4.37. The van der Waals surface area contributed by atoms with Gasteiger partial charge in [0.25, 0.3) is 0 Å². The van der Waals surface area contributed by atoms with Crippen molar-refractivity contribution < 1.29 is 0 Å². The summed E-state index contributed by atoms with van der Waals surface area (Å²) in [4.78, 5) is 5.53. The first kappa shape index (κ1) is 13.6. The van der Waals surface area contributed by atoms with Crippen molar-refractivity contribution in [2.24, 2.45) is 12.8 Å². The van der Waals surface area contributed by atoms with Gasteiger partial charge in [-0.25, -0.2) is 4.98 Å². The molecule has 3 nitrogen and oxygen atoms in total. The molecule has 0 aliphatic rings. The second-order valence-electron chi connectivity index (χ2n) is 4.18. The maximum absolute atomic E-state index is 6.13. The first-order chi connectivity index (χ1) is 8.65. The highest BCUT2D eigenvalue weighted by atomic mass is 79.9. The van der Waals surface area contributed by atoms with E-state index in [9.17, 15) is 0 Å². The van der Waals surface area contributed by atoms with Crippen molar-refractivity contribution in [3.05, 3.63) is 47.0 Å². The van der Waals surface area contributed by atoms with Crippen LogP contribution in [0.15, 0.2) is 46.0 Å². The minimum Gasteiger partial charge on any atom is -0.338 e. The number of benzene rings is 1. The van der Waals surface area contributed by atoms with Crippen molar-refractivity contribution in [3.8, 4) is 0 Å². The molecule has 0 saturated heterocycles. The molecule has 1 aromatic carbocycles. The number of thioether (sulfide) groups is 1. The molecule has 96 valence electrons. The smallest absolute Gasteiger partial charge is 0.109 e. The summed E-state index contributed by atoms with van der Waals surface area (Å²) in [6.07, 6.45) is 4.57. The SMILES string of the molecule is Cn1ccnc1CC(N)CSc1ccc(Br)cc1. The largest absolute Gasteiger partial charge is 0.338 e. The summed E-state index contributed by atoms with van der Waals surface area (Å²) in [5.74, 6) is 1.94. The molecule has 2 rings (SSSR count). The third kappa shape index (κ3) is 3.86. The molecule has 1 aromatic heterocycles. The maximum Gasteiger partial charge on any atom is 0.109 e. The van der Waals surface area contributed by atoms with Crippen LogP contribution in [0.5, 0.6) is 0 Å². The van der Waals surface area contributed by atoms with E-state index >= 15 is 0 Å². The van der Waals surface area contributed by atoms with Gasteiger partial charge in [-0.2, -0.15) is 0 Å².